The van der Waals surface area contributed by atoms with E-state index in [0.29, 0.717) is 18.1 Å². The van der Waals surface area contributed by atoms with Crippen LogP contribution in [-0.2, 0) is 19.8 Å². The maximum atomic E-state index is 12.9. The lowest BCUT2D eigenvalue weighted by atomic mass is 10.2. The highest BCUT2D eigenvalue weighted by Gasteiger charge is 2.36. The summed E-state index contributed by atoms with van der Waals surface area (Å²) in [6.45, 7) is 3.99. The fourth-order valence-corrected chi connectivity index (χ4v) is 2.92. The number of alkyl halides is 3. The summed E-state index contributed by atoms with van der Waals surface area (Å²) in [4.78, 5) is 12.1. The normalized spacial score (nSPS) is 12.2. The lowest BCUT2D eigenvalue weighted by Gasteiger charge is -2.08. The monoisotopic (exact) mass is 375 g/mol. The summed E-state index contributed by atoms with van der Waals surface area (Å²) in [6, 6.07) is 7.60. The van der Waals surface area contributed by atoms with Crippen molar-refractivity contribution in [3.8, 4) is 0 Å². The van der Waals surface area contributed by atoms with Gasteiger partial charge in [0.1, 0.15) is 11.6 Å². The minimum absolute atomic E-state index is 0.106. The van der Waals surface area contributed by atoms with Crippen LogP contribution in [-0.4, -0.2) is 29.1 Å². The first-order valence-corrected chi connectivity index (χ1v) is 8.20. The van der Waals surface area contributed by atoms with E-state index in [0.717, 1.165) is 26.9 Å². The van der Waals surface area contributed by atoms with E-state index in [9.17, 15) is 13.2 Å². The molecule has 0 radical (unpaired) electrons. The van der Waals surface area contributed by atoms with E-state index in [2.05, 4.69) is 25.4 Å². The second kappa shape index (κ2) is 5.93. The Morgan fingerprint density at radius 3 is 2.59 bits per heavy atom. The number of halogens is 3. The molecule has 0 aliphatic carbocycles. The minimum Gasteiger partial charge on any atom is -0.363 e. The van der Waals surface area contributed by atoms with Crippen molar-refractivity contribution < 1.29 is 13.2 Å². The maximum absolute atomic E-state index is 12.9. The van der Waals surface area contributed by atoms with Crippen LogP contribution in [0.2, 0.25) is 0 Å². The molecule has 27 heavy (non-hydrogen) atoms. The number of nitrogens with zero attached hydrogens (tertiary/aromatic N) is 6. The van der Waals surface area contributed by atoms with Gasteiger partial charge in [-0.25, -0.2) is 9.97 Å². The fourth-order valence-electron chi connectivity index (χ4n) is 2.92. The van der Waals surface area contributed by atoms with Crippen molar-refractivity contribution in [2.45, 2.75) is 26.6 Å². The van der Waals surface area contributed by atoms with E-state index in [1.54, 1.807) is 13.0 Å². The average Bonchev–Trinajstić information content (AvgIpc) is 3.14. The third kappa shape index (κ3) is 3.07. The number of benzene rings is 1. The molecule has 140 valence electrons. The highest BCUT2D eigenvalue weighted by Crippen LogP contribution is 2.27. The predicted molar refractivity (Wildman–Crippen MR) is 93.3 cm³/mol. The zero-order chi connectivity index (χ0) is 19.3. The molecule has 0 unspecified atom stereocenters. The molecule has 4 aromatic rings. The molecule has 1 aromatic carbocycles. The number of hydrogen-bond acceptors (Lipinski definition) is 5. The SMILES string of the molecule is Cc1ccc2c(c1)nc(CNc1cc(C)nc3nc(C(F)(F)F)nn13)n2C. The Labute approximate surface area is 151 Å². The summed E-state index contributed by atoms with van der Waals surface area (Å²) < 4.78 is 41.7. The summed E-state index contributed by atoms with van der Waals surface area (Å²) in [6.07, 6.45) is -4.63. The summed E-state index contributed by atoms with van der Waals surface area (Å²) in [5.41, 5.74) is 3.49. The van der Waals surface area contributed by atoms with Gasteiger partial charge in [-0.05, 0) is 31.5 Å². The van der Waals surface area contributed by atoms with Gasteiger partial charge in [0.2, 0.25) is 0 Å². The molecule has 0 atom stereocenters. The van der Waals surface area contributed by atoms with Crippen LogP contribution in [0, 0.1) is 13.8 Å². The lowest BCUT2D eigenvalue weighted by molar-refractivity contribution is -0.144. The first kappa shape index (κ1) is 17.3. The van der Waals surface area contributed by atoms with Crippen LogP contribution in [0.4, 0.5) is 19.0 Å². The van der Waals surface area contributed by atoms with Crippen LogP contribution in [0.1, 0.15) is 22.9 Å². The summed E-state index contributed by atoms with van der Waals surface area (Å²) in [7, 11) is 1.90. The number of imidazole rings is 1. The lowest BCUT2D eigenvalue weighted by Crippen LogP contribution is -2.11. The van der Waals surface area contributed by atoms with Crippen molar-refractivity contribution in [2.75, 3.05) is 5.32 Å². The molecule has 4 rings (SSSR count). The Bertz CT molecular complexity index is 1160. The molecule has 0 spiro atoms. The summed E-state index contributed by atoms with van der Waals surface area (Å²) in [5, 5.41) is 6.64. The third-order valence-electron chi connectivity index (χ3n) is 4.25. The number of hydrogen-bond donors (Lipinski definition) is 1. The van der Waals surface area contributed by atoms with Gasteiger partial charge in [-0.2, -0.15) is 22.7 Å². The van der Waals surface area contributed by atoms with Crippen LogP contribution < -0.4 is 5.32 Å². The second-order valence-corrected chi connectivity index (χ2v) is 6.36. The molecule has 3 aromatic heterocycles. The molecule has 0 amide bonds. The van der Waals surface area contributed by atoms with Crippen LogP contribution in [0.5, 0.6) is 0 Å². The van der Waals surface area contributed by atoms with Crippen LogP contribution in [0.15, 0.2) is 24.3 Å². The van der Waals surface area contributed by atoms with Gasteiger partial charge in [0.05, 0.1) is 17.6 Å². The van der Waals surface area contributed by atoms with Gasteiger partial charge in [0, 0.05) is 18.8 Å². The Balaban J connectivity index is 1.69. The molecule has 10 heteroatoms. The molecular formula is C17H16F3N7. The van der Waals surface area contributed by atoms with Gasteiger partial charge in [-0.15, -0.1) is 5.10 Å². The van der Waals surface area contributed by atoms with Crippen LogP contribution in [0.3, 0.4) is 0 Å². The fraction of sp³-hybridized carbons (Fsp3) is 0.294. The number of rotatable bonds is 3. The van der Waals surface area contributed by atoms with Crippen molar-refractivity contribution >= 4 is 22.6 Å². The zero-order valence-corrected chi connectivity index (χ0v) is 14.8. The average molecular weight is 375 g/mol. The predicted octanol–water partition coefficient (Wildman–Crippen LogP) is 3.26. The first-order chi connectivity index (χ1) is 12.7. The Morgan fingerprint density at radius 1 is 1.07 bits per heavy atom. The Kier molecular flexibility index (Phi) is 3.79. The Hall–Kier alpha value is -3.17. The number of aryl methyl sites for hydroxylation is 3. The van der Waals surface area contributed by atoms with Gasteiger partial charge in [0.15, 0.2) is 0 Å². The number of anilines is 1. The minimum atomic E-state index is -4.63. The number of fused-ring (bicyclic) bond motifs is 2. The van der Waals surface area contributed by atoms with Gasteiger partial charge < -0.3 is 9.88 Å². The molecule has 0 bridgehead atoms. The van der Waals surface area contributed by atoms with E-state index in [1.165, 1.54) is 0 Å². The molecule has 0 saturated heterocycles. The molecule has 0 fully saturated rings. The van der Waals surface area contributed by atoms with Gasteiger partial charge >= 0.3 is 6.18 Å². The molecule has 1 N–H and O–H groups in total. The molecule has 0 aliphatic heterocycles. The molecule has 7 nitrogen and oxygen atoms in total. The quantitative estimate of drug-likeness (QED) is 0.595. The van der Waals surface area contributed by atoms with Crippen molar-refractivity contribution in [2.24, 2.45) is 7.05 Å². The van der Waals surface area contributed by atoms with Gasteiger partial charge in [0.25, 0.3) is 11.6 Å². The molecular weight excluding hydrogens is 359 g/mol. The second-order valence-electron chi connectivity index (χ2n) is 6.36. The largest absolute Gasteiger partial charge is 0.453 e. The smallest absolute Gasteiger partial charge is 0.363 e. The van der Waals surface area contributed by atoms with Crippen molar-refractivity contribution in [3.63, 3.8) is 0 Å². The molecule has 3 heterocycles. The Morgan fingerprint density at radius 2 is 1.85 bits per heavy atom. The maximum Gasteiger partial charge on any atom is 0.453 e. The van der Waals surface area contributed by atoms with E-state index in [4.69, 9.17) is 0 Å². The summed E-state index contributed by atoms with van der Waals surface area (Å²) >= 11 is 0. The molecule has 0 saturated carbocycles. The van der Waals surface area contributed by atoms with Gasteiger partial charge in [-0.3, -0.25) is 0 Å². The van der Waals surface area contributed by atoms with E-state index in [1.807, 2.05) is 36.7 Å². The first-order valence-electron chi connectivity index (χ1n) is 8.20. The zero-order valence-electron chi connectivity index (χ0n) is 14.8. The van der Waals surface area contributed by atoms with Crippen molar-refractivity contribution in [3.05, 3.63) is 47.2 Å². The summed E-state index contributed by atoms with van der Waals surface area (Å²) in [5.74, 6) is -0.217. The highest BCUT2D eigenvalue weighted by molar-refractivity contribution is 5.76. The van der Waals surface area contributed by atoms with Crippen molar-refractivity contribution in [1.29, 1.82) is 0 Å². The van der Waals surface area contributed by atoms with E-state index < -0.39 is 12.0 Å². The standard InChI is InChI=1S/C17H16F3N7/c1-9-4-5-12-11(6-9)23-14(26(12)3)8-21-13-7-10(2)22-16-24-15(17(18,19)20)25-27(13)16/h4-7,21H,8H2,1-3H3. The van der Waals surface area contributed by atoms with Gasteiger partial charge in [-0.1, -0.05) is 6.07 Å². The van der Waals surface area contributed by atoms with Crippen LogP contribution >= 0.6 is 0 Å². The number of aromatic nitrogens is 6. The third-order valence-corrected chi connectivity index (χ3v) is 4.25. The van der Waals surface area contributed by atoms with E-state index in [-0.39, 0.29) is 5.78 Å². The number of nitrogens with one attached hydrogen (secondary N) is 1. The highest BCUT2D eigenvalue weighted by atomic mass is 19.4. The van der Waals surface area contributed by atoms with E-state index >= 15 is 0 Å². The van der Waals surface area contributed by atoms with Crippen molar-refractivity contribution in [1.82, 2.24) is 29.1 Å². The molecule has 0 aliphatic rings. The topological polar surface area (TPSA) is 72.9 Å². The van der Waals surface area contributed by atoms with Crippen LogP contribution in [0.25, 0.3) is 16.8 Å².